The molecule has 0 aliphatic heterocycles. The Hall–Kier alpha value is 0.270. The second-order valence-corrected chi connectivity index (χ2v) is 4.89. The van der Waals surface area contributed by atoms with Crippen molar-refractivity contribution in [2.24, 2.45) is 5.73 Å². The molecule has 3 heteroatoms. The molecule has 1 unspecified atom stereocenters. The topological polar surface area (TPSA) is 35.2 Å². The van der Waals surface area contributed by atoms with Crippen LogP contribution in [0.4, 0.5) is 0 Å². The van der Waals surface area contributed by atoms with Crippen LogP contribution in [-0.2, 0) is 4.74 Å². The molecule has 0 spiro atoms. The lowest BCUT2D eigenvalue weighted by Gasteiger charge is -2.12. The Balaban J connectivity index is 3.15. The van der Waals surface area contributed by atoms with Crippen LogP contribution >= 0.6 is 11.8 Å². The van der Waals surface area contributed by atoms with Crippen LogP contribution < -0.4 is 5.73 Å². The van der Waals surface area contributed by atoms with E-state index in [0.717, 1.165) is 25.2 Å². The molecule has 0 aromatic rings. The standard InChI is InChI=1S/C9H21NOS/c1-8(2)12-7-9(10)5-4-6-11-3/h8-9H,4-7,10H2,1-3H3. The Morgan fingerprint density at radius 1 is 1.42 bits per heavy atom. The number of rotatable bonds is 7. The molecule has 0 rings (SSSR count). The number of hydrogen-bond acceptors (Lipinski definition) is 3. The van der Waals surface area contributed by atoms with Gasteiger partial charge in [0.25, 0.3) is 0 Å². The third-order valence-electron chi connectivity index (χ3n) is 1.57. The summed E-state index contributed by atoms with van der Waals surface area (Å²) >= 11 is 1.93. The summed E-state index contributed by atoms with van der Waals surface area (Å²) < 4.78 is 4.96. The van der Waals surface area contributed by atoms with Gasteiger partial charge in [0.1, 0.15) is 0 Å². The van der Waals surface area contributed by atoms with Gasteiger partial charge in [-0.2, -0.15) is 11.8 Å². The molecule has 0 saturated heterocycles. The maximum Gasteiger partial charge on any atom is 0.0462 e. The van der Waals surface area contributed by atoms with Crippen molar-refractivity contribution >= 4 is 11.8 Å². The lowest BCUT2D eigenvalue weighted by molar-refractivity contribution is 0.191. The summed E-state index contributed by atoms with van der Waals surface area (Å²) in [7, 11) is 1.73. The van der Waals surface area contributed by atoms with E-state index in [9.17, 15) is 0 Å². The van der Waals surface area contributed by atoms with Crippen molar-refractivity contribution in [1.82, 2.24) is 0 Å². The van der Waals surface area contributed by atoms with Crippen LogP contribution in [0.3, 0.4) is 0 Å². The first kappa shape index (κ1) is 12.3. The number of methoxy groups -OCH3 is 1. The van der Waals surface area contributed by atoms with Crippen molar-refractivity contribution in [3.05, 3.63) is 0 Å². The van der Waals surface area contributed by atoms with Gasteiger partial charge in [-0.3, -0.25) is 0 Å². The van der Waals surface area contributed by atoms with Gasteiger partial charge in [0.15, 0.2) is 0 Å². The van der Waals surface area contributed by atoms with Gasteiger partial charge in [0.05, 0.1) is 0 Å². The maximum atomic E-state index is 5.89. The van der Waals surface area contributed by atoms with E-state index in [1.165, 1.54) is 0 Å². The monoisotopic (exact) mass is 191 g/mol. The highest BCUT2D eigenvalue weighted by Crippen LogP contribution is 2.11. The van der Waals surface area contributed by atoms with Gasteiger partial charge in [-0.25, -0.2) is 0 Å². The molecule has 1 atom stereocenters. The normalized spacial score (nSPS) is 13.8. The van der Waals surface area contributed by atoms with Crippen molar-refractivity contribution in [2.75, 3.05) is 19.5 Å². The van der Waals surface area contributed by atoms with E-state index < -0.39 is 0 Å². The zero-order valence-electron chi connectivity index (χ0n) is 8.38. The number of hydrogen-bond donors (Lipinski definition) is 1. The van der Waals surface area contributed by atoms with E-state index in [4.69, 9.17) is 10.5 Å². The highest BCUT2D eigenvalue weighted by molar-refractivity contribution is 7.99. The van der Waals surface area contributed by atoms with E-state index >= 15 is 0 Å². The molecule has 0 aromatic heterocycles. The summed E-state index contributed by atoms with van der Waals surface area (Å²) in [4.78, 5) is 0. The molecule has 2 nitrogen and oxygen atoms in total. The van der Waals surface area contributed by atoms with E-state index in [1.54, 1.807) is 7.11 Å². The van der Waals surface area contributed by atoms with Crippen molar-refractivity contribution in [1.29, 1.82) is 0 Å². The lowest BCUT2D eigenvalue weighted by Crippen LogP contribution is -2.23. The quantitative estimate of drug-likeness (QED) is 0.624. The second kappa shape index (κ2) is 7.90. The fraction of sp³-hybridized carbons (Fsp3) is 1.00. The minimum atomic E-state index is 0.340. The van der Waals surface area contributed by atoms with Gasteiger partial charge in [-0.15, -0.1) is 0 Å². The van der Waals surface area contributed by atoms with Crippen molar-refractivity contribution < 1.29 is 4.74 Å². The summed E-state index contributed by atoms with van der Waals surface area (Å²) in [6, 6.07) is 0.340. The first-order chi connectivity index (χ1) is 5.66. The third-order valence-corrected chi connectivity index (χ3v) is 2.85. The molecule has 0 fully saturated rings. The molecule has 74 valence electrons. The van der Waals surface area contributed by atoms with Crippen LogP contribution in [0, 0.1) is 0 Å². The molecule has 0 amide bonds. The van der Waals surface area contributed by atoms with E-state index in [0.29, 0.717) is 11.3 Å². The molecule has 0 radical (unpaired) electrons. The first-order valence-electron chi connectivity index (χ1n) is 4.53. The van der Waals surface area contributed by atoms with Crippen molar-refractivity contribution in [3.8, 4) is 0 Å². The highest BCUT2D eigenvalue weighted by atomic mass is 32.2. The molecule has 0 saturated carbocycles. The van der Waals surface area contributed by atoms with Crippen LogP contribution in [0.5, 0.6) is 0 Å². The predicted octanol–water partition coefficient (Wildman–Crippen LogP) is 1.88. The average Bonchev–Trinajstić information content (AvgIpc) is 2.01. The van der Waals surface area contributed by atoms with Gasteiger partial charge < -0.3 is 10.5 Å². The molecule has 0 aromatic carbocycles. The number of thioether (sulfide) groups is 1. The molecule has 0 bridgehead atoms. The van der Waals surface area contributed by atoms with Crippen LogP contribution in [0.2, 0.25) is 0 Å². The van der Waals surface area contributed by atoms with Gasteiger partial charge >= 0.3 is 0 Å². The second-order valence-electron chi connectivity index (χ2n) is 3.28. The van der Waals surface area contributed by atoms with Gasteiger partial charge in [-0.1, -0.05) is 13.8 Å². The number of nitrogens with two attached hydrogens (primary N) is 1. The Bertz CT molecular complexity index is 98.5. The Morgan fingerprint density at radius 3 is 2.58 bits per heavy atom. The third kappa shape index (κ3) is 8.37. The molecule has 0 heterocycles. The first-order valence-corrected chi connectivity index (χ1v) is 5.57. The summed E-state index contributed by atoms with van der Waals surface area (Å²) in [5, 5.41) is 0.693. The molecular formula is C9H21NOS. The van der Waals surface area contributed by atoms with Crippen LogP contribution in [-0.4, -0.2) is 30.8 Å². The minimum Gasteiger partial charge on any atom is -0.385 e. The fourth-order valence-electron chi connectivity index (χ4n) is 0.889. The summed E-state index contributed by atoms with van der Waals surface area (Å²) in [5.41, 5.74) is 5.89. The van der Waals surface area contributed by atoms with E-state index in [2.05, 4.69) is 13.8 Å². The SMILES string of the molecule is COCCCC(N)CSC(C)C. The molecular weight excluding hydrogens is 170 g/mol. The van der Waals surface area contributed by atoms with Crippen LogP contribution in [0.25, 0.3) is 0 Å². The zero-order chi connectivity index (χ0) is 9.40. The fourth-order valence-corrected chi connectivity index (χ4v) is 1.69. The lowest BCUT2D eigenvalue weighted by atomic mass is 10.2. The van der Waals surface area contributed by atoms with Gasteiger partial charge in [-0.05, 0) is 18.1 Å². The van der Waals surface area contributed by atoms with E-state index in [-0.39, 0.29) is 0 Å². The summed E-state index contributed by atoms with van der Waals surface area (Å²) in [5.74, 6) is 1.07. The average molecular weight is 191 g/mol. The molecule has 2 N–H and O–H groups in total. The summed E-state index contributed by atoms with van der Waals surface area (Å²) in [6.07, 6.45) is 2.16. The van der Waals surface area contributed by atoms with Gasteiger partial charge in [0.2, 0.25) is 0 Å². The highest BCUT2D eigenvalue weighted by Gasteiger charge is 2.03. The van der Waals surface area contributed by atoms with Crippen molar-refractivity contribution in [2.45, 2.75) is 38.0 Å². The molecule has 0 aliphatic rings. The molecule has 12 heavy (non-hydrogen) atoms. The van der Waals surface area contributed by atoms with E-state index in [1.807, 2.05) is 11.8 Å². The Labute approximate surface area is 80.2 Å². The van der Waals surface area contributed by atoms with Crippen molar-refractivity contribution in [3.63, 3.8) is 0 Å². The maximum absolute atomic E-state index is 5.89. The zero-order valence-corrected chi connectivity index (χ0v) is 9.19. The Kier molecular flexibility index (Phi) is 8.07. The number of ether oxygens (including phenoxy) is 1. The van der Waals surface area contributed by atoms with Crippen LogP contribution in [0.1, 0.15) is 26.7 Å². The smallest absolute Gasteiger partial charge is 0.0462 e. The predicted molar refractivity (Wildman–Crippen MR) is 56.7 cm³/mol. The van der Waals surface area contributed by atoms with Gasteiger partial charge in [0, 0.05) is 25.5 Å². The largest absolute Gasteiger partial charge is 0.385 e. The summed E-state index contributed by atoms with van der Waals surface area (Å²) in [6.45, 7) is 5.24. The minimum absolute atomic E-state index is 0.340. The molecule has 0 aliphatic carbocycles. The Morgan fingerprint density at radius 2 is 2.08 bits per heavy atom. The van der Waals surface area contributed by atoms with Crippen LogP contribution in [0.15, 0.2) is 0 Å².